The van der Waals surface area contributed by atoms with Crippen molar-refractivity contribution in [3.63, 3.8) is 0 Å². The SMILES string of the molecule is c1ccc(-n2c3ccccc3c3ccc(Oc4cccc(-n5cc6c(n5)c5ccccc5n6-c5ccccn5)c4)cc32)nc1. The lowest BCUT2D eigenvalue weighted by Crippen LogP contribution is -1.98. The number of fused-ring (bicyclic) bond motifs is 6. The van der Waals surface area contributed by atoms with Crippen molar-refractivity contribution in [1.29, 1.82) is 0 Å². The van der Waals surface area contributed by atoms with Gasteiger partial charge in [-0.15, -0.1) is 0 Å². The molecule has 0 unspecified atom stereocenters. The van der Waals surface area contributed by atoms with E-state index < -0.39 is 0 Å². The number of para-hydroxylation sites is 2. The first-order valence-electron chi connectivity index (χ1n) is 14.4. The number of rotatable bonds is 5. The van der Waals surface area contributed by atoms with Crippen LogP contribution < -0.4 is 4.74 Å². The van der Waals surface area contributed by atoms with Gasteiger partial charge in [0.1, 0.15) is 28.7 Å². The fourth-order valence-electron chi connectivity index (χ4n) is 6.16. The molecule has 44 heavy (non-hydrogen) atoms. The number of hydrogen-bond donors (Lipinski definition) is 0. The topological polar surface area (TPSA) is 62.7 Å². The summed E-state index contributed by atoms with van der Waals surface area (Å²) in [6.45, 7) is 0. The summed E-state index contributed by atoms with van der Waals surface area (Å²) in [6.07, 6.45) is 5.69. The zero-order valence-electron chi connectivity index (χ0n) is 23.4. The maximum Gasteiger partial charge on any atom is 0.137 e. The second kappa shape index (κ2) is 9.68. The van der Waals surface area contributed by atoms with Crippen molar-refractivity contribution in [2.45, 2.75) is 0 Å². The van der Waals surface area contributed by atoms with Gasteiger partial charge < -0.3 is 4.74 Å². The molecule has 0 N–H and O–H groups in total. The molecule has 208 valence electrons. The van der Waals surface area contributed by atoms with Crippen LogP contribution in [-0.2, 0) is 0 Å². The Bertz CT molecular complexity index is 2470. The number of ether oxygens (including phenoxy) is 1. The summed E-state index contributed by atoms with van der Waals surface area (Å²) >= 11 is 0. The van der Waals surface area contributed by atoms with Crippen LogP contribution in [0.1, 0.15) is 0 Å². The standard InChI is InChI=1S/C37H24N6O/c1-3-14-31-28(12-1)29-19-18-27(23-33(29)42(31)35-16-5-7-20-38-35)44-26-11-9-10-25(22-26)41-24-34-37(40-41)30-13-2-4-15-32(30)43(34)36-17-6-8-21-39-36/h1-24H. The molecule has 0 aliphatic rings. The first-order valence-corrected chi connectivity index (χ1v) is 14.4. The largest absolute Gasteiger partial charge is 0.457 e. The average molecular weight is 569 g/mol. The molecule has 0 fully saturated rings. The lowest BCUT2D eigenvalue weighted by atomic mass is 10.1. The first-order chi connectivity index (χ1) is 21.8. The molecule has 7 nitrogen and oxygen atoms in total. The number of aromatic nitrogens is 6. The predicted molar refractivity (Wildman–Crippen MR) is 174 cm³/mol. The molecule has 0 spiro atoms. The van der Waals surface area contributed by atoms with E-state index in [1.54, 1.807) is 0 Å². The third kappa shape index (κ3) is 3.80. The van der Waals surface area contributed by atoms with Gasteiger partial charge >= 0.3 is 0 Å². The van der Waals surface area contributed by atoms with Crippen molar-refractivity contribution in [2.75, 3.05) is 0 Å². The Balaban J connectivity index is 1.13. The summed E-state index contributed by atoms with van der Waals surface area (Å²) < 4.78 is 12.7. The highest BCUT2D eigenvalue weighted by Crippen LogP contribution is 2.36. The highest BCUT2D eigenvalue weighted by atomic mass is 16.5. The lowest BCUT2D eigenvalue weighted by molar-refractivity contribution is 0.483. The van der Waals surface area contributed by atoms with Gasteiger partial charge in [0.05, 0.1) is 34.0 Å². The van der Waals surface area contributed by atoms with Crippen molar-refractivity contribution in [3.05, 3.63) is 146 Å². The number of benzene rings is 4. The summed E-state index contributed by atoms with van der Waals surface area (Å²) in [5.74, 6) is 3.19. The summed E-state index contributed by atoms with van der Waals surface area (Å²) in [7, 11) is 0. The Morgan fingerprint density at radius 2 is 1.11 bits per heavy atom. The number of nitrogens with zero attached hydrogens (tertiary/aromatic N) is 6. The second-order valence-corrected chi connectivity index (χ2v) is 10.7. The van der Waals surface area contributed by atoms with Crippen LogP contribution in [0, 0.1) is 0 Å². The van der Waals surface area contributed by atoms with Gasteiger partial charge in [-0.1, -0.05) is 54.6 Å². The fraction of sp³-hybridized carbons (Fsp3) is 0. The minimum absolute atomic E-state index is 0.722. The van der Waals surface area contributed by atoms with E-state index in [1.807, 2.05) is 95.9 Å². The normalized spacial score (nSPS) is 11.6. The van der Waals surface area contributed by atoms with Crippen LogP contribution in [0.3, 0.4) is 0 Å². The zero-order valence-corrected chi connectivity index (χ0v) is 23.4. The Kier molecular flexibility index (Phi) is 5.36. The van der Waals surface area contributed by atoms with Gasteiger partial charge in [0, 0.05) is 40.7 Å². The van der Waals surface area contributed by atoms with E-state index in [9.17, 15) is 0 Å². The molecule has 0 bridgehead atoms. The molecule has 5 heterocycles. The molecule has 7 heteroatoms. The minimum Gasteiger partial charge on any atom is -0.457 e. The van der Waals surface area contributed by atoms with Gasteiger partial charge in [0.15, 0.2) is 0 Å². The Morgan fingerprint density at radius 1 is 0.477 bits per heavy atom. The summed E-state index contributed by atoms with van der Waals surface area (Å²) in [5, 5.41) is 8.42. The maximum atomic E-state index is 6.46. The molecule has 4 aromatic carbocycles. The van der Waals surface area contributed by atoms with Gasteiger partial charge in [0.25, 0.3) is 0 Å². The Morgan fingerprint density at radius 3 is 1.86 bits per heavy atom. The highest BCUT2D eigenvalue weighted by Gasteiger charge is 2.17. The van der Waals surface area contributed by atoms with Crippen LogP contribution in [0.15, 0.2) is 146 Å². The maximum absolute atomic E-state index is 6.46. The van der Waals surface area contributed by atoms with E-state index in [0.29, 0.717) is 0 Å². The van der Waals surface area contributed by atoms with E-state index in [4.69, 9.17) is 9.84 Å². The fourth-order valence-corrected chi connectivity index (χ4v) is 6.16. The van der Waals surface area contributed by atoms with Crippen molar-refractivity contribution in [3.8, 4) is 28.8 Å². The lowest BCUT2D eigenvalue weighted by Gasteiger charge is -2.10. The summed E-state index contributed by atoms with van der Waals surface area (Å²) in [5.41, 5.74) is 6.03. The predicted octanol–water partition coefficient (Wildman–Crippen LogP) is 8.65. The molecule has 0 saturated heterocycles. The molecule has 5 aromatic heterocycles. The highest BCUT2D eigenvalue weighted by molar-refractivity contribution is 6.09. The van der Waals surface area contributed by atoms with Crippen molar-refractivity contribution in [2.24, 2.45) is 0 Å². The summed E-state index contributed by atoms with van der Waals surface area (Å²) in [6, 6.07) is 42.8. The quantitative estimate of drug-likeness (QED) is 0.208. The molecule has 9 aromatic rings. The van der Waals surface area contributed by atoms with Crippen LogP contribution in [0.2, 0.25) is 0 Å². The minimum atomic E-state index is 0.722. The van der Waals surface area contributed by atoms with Gasteiger partial charge in [-0.2, -0.15) is 5.10 Å². The smallest absolute Gasteiger partial charge is 0.137 e. The number of hydrogen-bond acceptors (Lipinski definition) is 4. The first kappa shape index (κ1) is 24.4. The van der Waals surface area contributed by atoms with Crippen molar-refractivity contribution < 1.29 is 4.74 Å². The van der Waals surface area contributed by atoms with Gasteiger partial charge in [-0.05, 0) is 60.7 Å². The van der Waals surface area contributed by atoms with Gasteiger partial charge in [-0.25, -0.2) is 14.6 Å². The molecule has 9 rings (SSSR count). The van der Waals surface area contributed by atoms with E-state index >= 15 is 0 Å². The van der Waals surface area contributed by atoms with E-state index in [1.165, 1.54) is 5.39 Å². The molecule has 0 aliphatic carbocycles. The van der Waals surface area contributed by atoms with Crippen LogP contribution in [-0.4, -0.2) is 28.9 Å². The van der Waals surface area contributed by atoms with E-state index in [0.717, 1.165) is 67.2 Å². The van der Waals surface area contributed by atoms with Crippen LogP contribution in [0.5, 0.6) is 11.5 Å². The third-order valence-corrected chi connectivity index (χ3v) is 8.06. The average Bonchev–Trinajstić information content (AvgIpc) is 3.74. The molecular formula is C37H24N6O. The monoisotopic (exact) mass is 568 g/mol. The van der Waals surface area contributed by atoms with Gasteiger partial charge in [-0.3, -0.25) is 9.13 Å². The van der Waals surface area contributed by atoms with E-state index in [2.05, 4.69) is 73.8 Å². The molecule has 0 radical (unpaired) electrons. The van der Waals surface area contributed by atoms with E-state index in [-0.39, 0.29) is 0 Å². The summed E-state index contributed by atoms with van der Waals surface area (Å²) in [4.78, 5) is 9.27. The van der Waals surface area contributed by atoms with Crippen molar-refractivity contribution >= 4 is 43.7 Å². The molecule has 0 saturated carbocycles. The number of pyridine rings is 2. The second-order valence-electron chi connectivity index (χ2n) is 10.7. The molecule has 0 aliphatic heterocycles. The Labute approximate surface area is 251 Å². The van der Waals surface area contributed by atoms with Crippen LogP contribution in [0.25, 0.3) is 61.1 Å². The molecular weight excluding hydrogens is 544 g/mol. The Hall–Kier alpha value is -6.21. The van der Waals surface area contributed by atoms with Crippen LogP contribution >= 0.6 is 0 Å². The third-order valence-electron chi connectivity index (χ3n) is 8.06. The van der Waals surface area contributed by atoms with Crippen molar-refractivity contribution in [1.82, 2.24) is 28.9 Å². The molecule has 0 atom stereocenters. The molecule has 0 amide bonds. The van der Waals surface area contributed by atoms with Gasteiger partial charge in [0.2, 0.25) is 0 Å². The van der Waals surface area contributed by atoms with Crippen LogP contribution in [0.4, 0.5) is 0 Å². The zero-order chi connectivity index (χ0) is 29.0.